The third kappa shape index (κ3) is 3.48. The Bertz CT molecular complexity index is 249. The van der Waals surface area contributed by atoms with Crippen molar-refractivity contribution in [2.24, 2.45) is 5.92 Å². The smallest absolute Gasteiger partial charge is 0.0334 e. The van der Waals surface area contributed by atoms with Gasteiger partial charge in [0.15, 0.2) is 0 Å². The third-order valence-corrected chi connectivity index (χ3v) is 5.01. The van der Waals surface area contributed by atoms with Gasteiger partial charge in [0, 0.05) is 24.7 Å². The number of hydrogen-bond donors (Lipinski definition) is 1. The van der Waals surface area contributed by atoms with Gasteiger partial charge in [-0.25, -0.2) is 0 Å². The molecule has 2 fully saturated rings. The number of nitrogens with zero attached hydrogens (tertiary/aromatic N) is 1. The van der Waals surface area contributed by atoms with Crippen molar-refractivity contribution in [1.29, 1.82) is 0 Å². The van der Waals surface area contributed by atoms with Crippen LogP contribution in [-0.4, -0.2) is 36.1 Å². The van der Waals surface area contributed by atoms with E-state index in [1.54, 1.807) is 0 Å². The van der Waals surface area contributed by atoms with Crippen LogP contribution in [0.15, 0.2) is 0 Å². The molecule has 2 aliphatic rings. The maximum Gasteiger partial charge on any atom is 0.0334 e. The number of nitrogens with one attached hydrogen (secondary N) is 1. The maximum absolute atomic E-state index is 3.69. The Hall–Kier alpha value is -0.0800. The minimum atomic E-state index is 0.456. The van der Waals surface area contributed by atoms with Crippen molar-refractivity contribution in [3.63, 3.8) is 0 Å². The van der Waals surface area contributed by atoms with Crippen molar-refractivity contribution in [3.8, 4) is 0 Å². The molecule has 0 aromatic heterocycles. The zero-order valence-electron chi connectivity index (χ0n) is 12.7. The molecule has 1 saturated heterocycles. The number of unbranched alkanes of at least 4 members (excludes halogenated alkanes) is 4. The van der Waals surface area contributed by atoms with Gasteiger partial charge in [0.25, 0.3) is 0 Å². The summed E-state index contributed by atoms with van der Waals surface area (Å²) in [5.74, 6) is 0.966. The predicted octanol–water partition coefficient (Wildman–Crippen LogP) is 3.42. The zero-order chi connectivity index (χ0) is 13.0. The molecule has 2 atom stereocenters. The van der Waals surface area contributed by atoms with E-state index >= 15 is 0 Å². The molecule has 1 aliphatic heterocycles. The summed E-state index contributed by atoms with van der Waals surface area (Å²) in [4.78, 5) is 2.80. The van der Waals surface area contributed by atoms with Gasteiger partial charge >= 0.3 is 0 Å². The monoisotopic (exact) mass is 252 g/mol. The van der Waals surface area contributed by atoms with Gasteiger partial charge in [-0.2, -0.15) is 0 Å². The minimum Gasteiger partial charge on any atom is -0.311 e. The van der Waals surface area contributed by atoms with Crippen LogP contribution in [0, 0.1) is 5.92 Å². The first-order valence-corrected chi connectivity index (χ1v) is 8.15. The van der Waals surface area contributed by atoms with Crippen LogP contribution >= 0.6 is 0 Å². The highest BCUT2D eigenvalue weighted by molar-refractivity contribution is 5.04. The van der Waals surface area contributed by atoms with Gasteiger partial charge in [-0.15, -0.1) is 0 Å². The van der Waals surface area contributed by atoms with Crippen LogP contribution in [0.4, 0.5) is 0 Å². The predicted molar refractivity (Wildman–Crippen MR) is 78.9 cm³/mol. The van der Waals surface area contributed by atoms with E-state index in [0.29, 0.717) is 11.6 Å². The Morgan fingerprint density at radius 1 is 1.17 bits per heavy atom. The van der Waals surface area contributed by atoms with E-state index in [1.165, 1.54) is 64.6 Å². The van der Waals surface area contributed by atoms with E-state index in [2.05, 4.69) is 31.0 Å². The summed E-state index contributed by atoms with van der Waals surface area (Å²) < 4.78 is 0. The van der Waals surface area contributed by atoms with Crippen LogP contribution in [0.2, 0.25) is 0 Å². The molecule has 0 spiro atoms. The molecular formula is C16H32N2. The van der Waals surface area contributed by atoms with Crippen molar-refractivity contribution in [2.45, 2.75) is 77.3 Å². The van der Waals surface area contributed by atoms with Gasteiger partial charge in [0.2, 0.25) is 0 Å². The first-order chi connectivity index (χ1) is 8.66. The van der Waals surface area contributed by atoms with Gasteiger partial charge < -0.3 is 5.32 Å². The summed E-state index contributed by atoms with van der Waals surface area (Å²) in [5, 5.41) is 3.69. The fraction of sp³-hybridized carbons (Fsp3) is 1.00. The Balaban J connectivity index is 1.78. The van der Waals surface area contributed by atoms with Crippen LogP contribution in [0.5, 0.6) is 0 Å². The van der Waals surface area contributed by atoms with Gasteiger partial charge in [0.1, 0.15) is 0 Å². The lowest BCUT2D eigenvalue weighted by Gasteiger charge is -2.48. The summed E-state index contributed by atoms with van der Waals surface area (Å²) in [6.45, 7) is 10.9. The van der Waals surface area contributed by atoms with Crippen LogP contribution in [0.3, 0.4) is 0 Å². The Kier molecular flexibility index (Phi) is 5.08. The van der Waals surface area contributed by atoms with Crippen LogP contribution < -0.4 is 5.32 Å². The van der Waals surface area contributed by atoms with Gasteiger partial charge in [0.05, 0.1) is 0 Å². The summed E-state index contributed by atoms with van der Waals surface area (Å²) in [5.41, 5.74) is 0.456. The topological polar surface area (TPSA) is 15.3 Å². The molecule has 0 aromatic rings. The highest BCUT2D eigenvalue weighted by Crippen LogP contribution is 2.44. The van der Waals surface area contributed by atoms with Gasteiger partial charge in [-0.1, -0.05) is 32.6 Å². The molecule has 2 unspecified atom stereocenters. The third-order valence-electron chi connectivity index (χ3n) is 5.01. The minimum absolute atomic E-state index is 0.456. The van der Waals surface area contributed by atoms with Crippen molar-refractivity contribution < 1.29 is 0 Å². The molecule has 2 nitrogen and oxygen atoms in total. The van der Waals surface area contributed by atoms with Crippen molar-refractivity contribution in [2.75, 3.05) is 19.6 Å². The fourth-order valence-electron chi connectivity index (χ4n) is 3.46. The summed E-state index contributed by atoms with van der Waals surface area (Å²) in [6, 6.07) is 0.674. The van der Waals surface area contributed by atoms with E-state index in [9.17, 15) is 0 Å². The summed E-state index contributed by atoms with van der Waals surface area (Å²) in [6.07, 6.45) is 9.93. The average molecular weight is 252 g/mol. The highest BCUT2D eigenvalue weighted by atomic mass is 15.3. The summed E-state index contributed by atoms with van der Waals surface area (Å²) in [7, 11) is 0. The molecule has 0 amide bonds. The number of rotatable bonds is 7. The van der Waals surface area contributed by atoms with Gasteiger partial charge in [-0.3, -0.25) is 4.90 Å². The molecule has 0 aromatic carbocycles. The van der Waals surface area contributed by atoms with Crippen LogP contribution in [0.1, 0.15) is 65.7 Å². The molecule has 18 heavy (non-hydrogen) atoms. The Morgan fingerprint density at radius 2 is 1.89 bits per heavy atom. The SMILES string of the molecule is CCCCCCCN1CC(C)NCC1(C)C1CC1. The van der Waals surface area contributed by atoms with Gasteiger partial charge in [-0.05, 0) is 45.6 Å². The molecule has 1 N–H and O–H groups in total. The quantitative estimate of drug-likeness (QED) is 0.698. The fourth-order valence-corrected chi connectivity index (χ4v) is 3.46. The maximum atomic E-state index is 3.69. The second kappa shape index (κ2) is 6.38. The number of piperazine rings is 1. The van der Waals surface area contributed by atoms with E-state index in [4.69, 9.17) is 0 Å². The Labute approximate surface area is 114 Å². The highest BCUT2D eigenvalue weighted by Gasteiger charge is 2.47. The lowest BCUT2D eigenvalue weighted by Crippen LogP contribution is -2.63. The standard InChI is InChI=1S/C16H32N2/c1-4-5-6-7-8-11-18-12-14(2)17-13-16(18,3)15-9-10-15/h14-15,17H,4-13H2,1-3H3. The Morgan fingerprint density at radius 3 is 2.56 bits per heavy atom. The van der Waals surface area contributed by atoms with E-state index in [0.717, 1.165) is 5.92 Å². The van der Waals surface area contributed by atoms with E-state index in [-0.39, 0.29) is 0 Å². The average Bonchev–Trinajstić information content (AvgIpc) is 3.18. The molecule has 0 bridgehead atoms. The molecule has 1 saturated carbocycles. The van der Waals surface area contributed by atoms with Crippen molar-refractivity contribution in [3.05, 3.63) is 0 Å². The molecule has 1 aliphatic carbocycles. The largest absolute Gasteiger partial charge is 0.311 e. The second-order valence-electron chi connectivity index (χ2n) is 6.77. The van der Waals surface area contributed by atoms with Crippen molar-refractivity contribution in [1.82, 2.24) is 10.2 Å². The summed E-state index contributed by atoms with van der Waals surface area (Å²) >= 11 is 0. The van der Waals surface area contributed by atoms with Crippen LogP contribution in [0.25, 0.3) is 0 Å². The van der Waals surface area contributed by atoms with Crippen molar-refractivity contribution >= 4 is 0 Å². The first kappa shape index (κ1) is 14.3. The lowest BCUT2D eigenvalue weighted by atomic mass is 9.89. The molecule has 1 heterocycles. The molecule has 2 heteroatoms. The van der Waals surface area contributed by atoms with Crippen LogP contribution in [-0.2, 0) is 0 Å². The van der Waals surface area contributed by atoms with E-state index < -0.39 is 0 Å². The normalized spacial score (nSPS) is 33.8. The zero-order valence-corrected chi connectivity index (χ0v) is 12.7. The van der Waals surface area contributed by atoms with E-state index in [1.807, 2.05) is 0 Å². The molecule has 2 rings (SSSR count). The number of hydrogen-bond acceptors (Lipinski definition) is 2. The molecular weight excluding hydrogens is 220 g/mol. The second-order valence-corrected chi connectivity index (χ2v) is 6.77. The lowest BCUT2D eigenvalue weighted by molar-refractivity contribution is 0.0369. The first-order valence-electron chi connectivity index (χ1n) is 8.15. The molecule has 106 valence electrons. The molecule has 0 radical (unpaired) electrons.